The fraction of sp³-hybridized carbons (Fsp3) is 0.529. The average molecular weight is 371 g/mol. The van der Waals surface area contributed by atoms with Gasteiger partial charge in [-0.15, -0.1) is 0 Å². The molecule has 0 aliphatic carbocycles. The van der Waals surface area contributed by atoms with Crippen LogP contribution in [0.3, 0.4) is 0 Å². The van der Waals surface area contributed by atoms with Crippen molar-refractivity contribution in [1.82, 2.24) is 5.32 Å². The van der Waals surface area contributed by atoms with E-state index in [0.717, 1.165) is 12.2 Å². The zero-order chi connectivity index (χ0) is 20.2. The smallest absolute Gasteiger partial charge is 0.410 e. The summed E-state index contributed by atoms with van der Waals surface area (Å²) in [6.45, 7) is 10.5. The molecule has 26 heavy (non-hydrogen) atoms. The lowest BCUT2D eigenvalue weighted by atomic mass is 10.1. The van der Waals surface area contributed by atoms with Gasteiger partial charge in [-0.3, -0.25) is 10.1 Å². The van der Waals surface area contributed by atoms with Crippen LogP contribution in [0.5, 0.6) is 0 Å². The van der Waals surface area contributed by atoms with Crippen LogP contribution in [0.25, 0.3) is 0 Å². The maximum absolute atomic E-state index is 11.8. The lowest BCUT2D eigenvalue weighted by Gasteiger charge is -2.28. The molecule has 0 aliphatic heterocycles. The van der Waals surface area contributed by atoms with E-state index in [-0.39, 0.29) is 19.1 Å². The Balaban J connectivity index is 4.54. The lowest BCUT2D eigenvalue weighted by molar-refractivity contribution is -0.167. The van der Waals surface area contributed by atoms with Crippen LogP contribution in [0.15, 0.2) is 25.3 Å². The summed E-state index contributed by atoms with van der Waals surface area (Å²) in [6.07, 6.45) is 1.48. The Morgan fingerprint density at radius 3 is 2.15 bits per heavy atom. The topological polar surface area (TPSA) is 117 Å². The van der Waals surface area contributed by atoms with Crippen LogP contribution in [-0.2, 0) is 33.3 Å². The maximum atomic E-state index is 11.8. The molecule has 0 radical (unpaired) electrons. The molecule has 0 aromatic rings. The summed E-state index contributed by atoms with van der Waals surface area (Å²) >= 11 is 0. The fourth-order valence-corrected chi connectivity index (χ4v) is 1.46. The molecule has 0 fully saturated rings. The number of carbonyl (C=O) groups excluding carboxylic acids is 4. The van der Waals surface area contributed by atoms with Crippen molar-refractivity contribution in [3.63, 3.8) is 0 Å². The molecule has 9 heteroatoms. The van der Waals surface area contributed by atoms with Crippen molar-refractivity contribution >= 4 is 24.0 Å². The zero-order valence-electron chi connectivity index (χ0n) is 15.2. The largest absolute Gasteiger partial charge is 0.462 e. The Bertz CT molecular complexity index is 545. The quantitative estimate of drug-likeness (QED) is 0.191. The van der Waals surface area contributed by atoms with Crippen molar-refractivity contribution in [1.29, 1.82) is 0 Å². The van der Waals surface area contributed by atoms with E-state index in [0.29, 0.717) is 6.42 Å². The van der Waals surface area contributed by atoms with Gasteiger partial charge in [-0.05, 0) is 13.3 Å². The van der Waals surface area contributed by atoms with Crippen LogP contribution < -0.4 is 5.32 Å². The second-order valence-corrected chi connectivity index (χ2v) is 5.41. The first kappa shape index (κ1) is 23.2. The van der Waals surface area contributed by atoms with Crippen molar-refractivity contribution in [2.45, 2.75) is 32.9 Å². The summed E-state index contributed by atoms with van der Waals surface area (Å²) in [5.74, 6) is -2.24. The van der Waals surface area contributed by atoms with E-state index in [2.05, 4.69) is 18.5 Å². The number of hydrogen-bond donors (Lipinski definition) is 1. The van der Waals surface area contributed by atoms with Gasteiger partial charge in [-0.25, -0.2) is 14.4 Å². The van der Waals surface area contributed by atoms with E-state index in [1.165, 1.54) is 6.92 Å². The highest BCUT2D eigenvalue weighted by atomic mass is 16.6. The predicted octanol–water partition coefficient (Wildman–Crippen LogP) is 1.48. The molecule has 0 saturated carbocycles. The molecule has 0 aromatic heterocycles. The highest BCUT2D eigenvalue weighted by Gasteiger charge is 2.32. The number of carbonyl (C=O) groups is 4. The number of nitrogens with one attached hydrogen (secondary N) is 1. The number of amides is 1. The molecule has 146 valence electrons. The minimum Gasteiger partial charge on any atom is -0.462 e. The number of esters is 3. The maximum Gasteiger partial charge on any atom is 0.410 e. The number of hydrogen-bond acceptors (Lipinski definition) is 8. The standard InChI is InChI=1S/C17H25NO8/c1-6-12(4)15(21)23-9-10-24-16(22)18-17(5,26-14(20)8-3)11-25-13(19)7-2/h7-8,12H,2-3,6,9-11H2,1,4-5H3,(H,18,22). The molecular formula is C17H25NO8. The van der Waals surface area contributed by atoms with Gasteiger partial charge in [0.25, 0.3) is 0 Å². The van der Waals surface area contributed by atoms with E-state index < -0.39 is 36.3 Å². The van der Waals surface area contributed by atoms with Gasteiger partial charge >= 0.3 is 24.0 Å². The van der Waals surface area contributed by atoms with Crippen LogP contribution in [0.1, 0.15) is 27.2 Å². The molecule has 0 heterocycles. The summed E-state index contributed by atoms with van der Waals surface area (Å²) < 4.78 is 19.5. The van der Waals surface area contributed by atoms with Crippen LogP contribution in [-0.4, -0.2) is 49.5 Å². The van der Waals surface area contributed by atoms with Crippen LogP contribution >= 0.6 is 0 Å². The Labute approximate surface area is 152 Å². The summed E-state index contributed by atoms with van der Waals surface area (Å²) in [4.78, 5) is 45.9. The number of ether oxygens (including phenoxy) is 4. The van der Waals surface area contributed by atoms with Crippen LogP contribution in [0, 0.1) is 5.92 Å². The minimum atomic E-state index is -1.69. The molecule has 0 aliphatic rings. The molecule has 1 N–H and O–H groups in total. The molecule has 0 spiro atoms. The lowest BCUT2D eigenvalue weighted by Crippen LogP contribution is -2.53. The van der Waals surface area contributed by atoms with Gasteiger partial charge in [0.1, 0.15) is 13.2 Å². The first-order valence-electron chi connectivity index (χ1n) is 7.93. The van der Waals surface area contributed by atoms with E-state index in [1.54, 1.807) is 6.92 Å². The van der Waals surface area contributed by atoms with Crippen molar-refractivity contribution in [3.8, 4) is 0 Å². The SMILES string of the molecule is C=CC(=O)OCC(C)(NC(=O)OCCOC(=O)C(C)CC)OC(=O)C=C. The molecule has 0 aromatic carbocycles. The second kappa shape index (κ2) is 11.7. The van der Waals surface area contributed by atoms with E-state index in [9.17, 15) is 19.2 Å². The third-order valence-electron chi connectivity index (χ3n) is 3.09. The van der Waals surface area contributed by atoms with Gasteiger partial charge in [0.05, 0.1) is 5.92 Å². The first-order valence-corrected chi connectivity index (χ1v) is 7.93. The summed E-state index contributed by atoms with van der Waals surface area (Å²) in [5.41, 5.74) is -1.69. The van der Waals surface area contributed by atoms with Gasteiger partial charge < -0.3 is 18.9 Å². The molecule has 2 unspecified atom stereocenters. The zero-order valence-corrected chi connectivity index (χ0v) is 15.2. The third kappa shape index (κ3) is 9.45. The highest BCUT2D eigenvalue weighted by Crippen LogP contribution is 2.09. The Hall–Kier alpha value is -2.84. The van der Waals surface area contributed by atoms with Gasteiger partial charge in [0.15, 0.2) is 6.61 Å². The Morgan fingerprint density at radius 2 is 1.62 bits per heavy atom. The molecule has 2 atom stereocenters. The Morgan fingerprint density at radius 1 is 1.04 bits per heavy atom. The number of alkyl carbamates (subject to hydrolysis) is 1. The van der Waals surface area contributed by atoms with Gasteiger partial charge in [0, 0.05) is 12.2 Å². The predicted molar refractivity (Wildman–Crippen MR) is 90.7 cm³/mol. The molecule has 0 rings (SSSR count). The van der Waals surface area contributed by atoms with Gasteiger partial charge in [0.2, 0.25) is 5.72 Å². The summed E-state index contributed by atoms with van der Waals surface area (Å²) in [7, 11) is 0. The number of rotatable bonds is 11. The molecule has 0 saturated heterocycles. The van der Waals surface area contributed by atoms with Gasteiger partial charge in [-0.2, -0.15) is 0 Å². The summed E-state index contributed by atoms with van der Waals surface area (Å²) in [6, 6.07) is 0. The molecular weight excluding hydrogens is 346 g/mol. The molecule has 1 amide bonds. The first-order chi connectivity index (χ1) is 12.2. The normalized spacial score (nSPS) is 13.3. The minimum absolute atomic E-state index is 0.120. The van der Waals surface area contributed by atoms with Crippen molar-refractivity contribution in [2.75, 3.05) is 19.8 Å². The Kier molecular flexibility index (Phi) is 10.4. The van der Waals surface area contributed by atoms with E-state index in [1.807, 2.05) is 6.92 Å². The molecule has 9 nitrogen and oxygen atoms in total. The van der Waals surface area contributed by atoms with Crippen molar-refractivity contribution in [3.05, 3.63) is 25.3 Å². The van der Waals surface area contributed by atoms with Crippen LogP contribution in [0.2, 0.25) is 0 Å². The van der Waals surface area contributed by atoms with E-state index >= 15 is 0 Å². The van der Waals surface area contributed by atoms with Gasteiger partial charge in [-0.1, -0.05) is 27.0 Å². The van der Waals surface area contributed by atoms with E-state index in [4.69, 9.17) is 18.9 Å². The van der Waals surface area contributed by atoms with Crippen LogP contribution in [0.4, 0.5) is 4.79 Å². The highest BCUT2D eigenvalue weighted by molar-refractivity contribution is 5.82. The summed E-state index contributed by atoms with van der Waals surface area (Å²) in [5, 5.41) is 2.26. The fourth-order valence-electron chi connectivity index (χ4n) is 1.46. The third-order valence-corrected chi connectivity index (χ3v) is 3.09. The monoisotopic (exact) mass is 371 g/mol. The van der Waals surface area contributed by atoms with Crippen molar-refractivity contribution < 1.29 is 38.1 Å². The molecule has 0 bridgehead atoms. The van der Waals surface area contributed by atoms with Crippen molar-refractivity contribution in [2.24, 2.45) is 5.92 Å². The average Bonchev–Trinajstić information content (AvgIpc) is 2.61. The second-order valence-electron chi connectivity index (χ2n) is 5.41.